The lowest BCUT2D eigenvalue weighted by Crippen LogP contribution is -2.26. The van der Waals surface area contributed by atoms with Crippen LogP contribution in [-0.2, 0) is 26.0 Å². The molecule has 1 rings (SSSR count). The third-order valence-electron chi connectivity index (χ3n) is 2.40. The van der Waals surface area contributed by atoms with E-state index in [1.807, 2.05) is 0 Å². The average molecular weight is 305 g/mol. The first-order chi connectivity index (χ1) is 9.31. The quantitative estimate of drug-likeness (QED) is 0.698. The Balaban J connectivity index is 3.01. The van der Waals surface area contributed by atoms with Gasteiger partial charge in [0.25, 0.3) is 0 Å². The van der Waals surface area contributed by atoms with E-state index in [-0.39, 0.29) is 35.8 Å². The maximum absolute atomic E-state index is 12.0. The van der Waals surface area contributed by atoms with E-state index < -0.39 is 22.0 Å². The van der Waals surface area contributed by atoms with Crippen molar-refractivity contribution < 1.29 is 32.3 Å². The molecule has 0 radical (unpaired) electrons. The van der Waals surface area contributed by atoms with Crippen molar-refractivity contribution in [2.75, 3.05) is 13.7 Å². The van der Waals surface area contributed by atoms with Gasteiger partial charge in [-0.05, 0) is 0 Å². The van der Waals surface area contributed by atoms with E-state index in [0.717, 1.165) is 13.2 Å². The Morgan fingerprint density at radius 3 is 2.60 bits per heavy atom. The molecule has 20 heavy (non-hydrogen) atoms. The number of furan rings is 1. The minimum absolute atomic E-state index is 0.105. The highest BCUT2D eigenvalue weighted by molar-refractivity contribution is 7.89. The Kier molecular flexibility index (Phi) is 5.28. The van der Waals surface area contributed by atoms with Crippen LogP contribution in [0.15, 0.2) is 15.4 Å². The van der Waals surface area contributed by atoms with Gasteiger partial charge in [-0.15, -0.1) is 0 Å². The molecule has 0 aliphatic rings. The van der Waals surface area contributed by atoms with Crippen LogP contribution in [0.5, 0.6) is 0 Å². The number of sulfonamides is 1. The van der Waals surface area contributed by atoms with Crippen LogP contribution in [0.1, 0.15) is 29.7 Å². The first-order valence-corrected chi connectivity index (χ1v) is 7.22. The van der Waals surface area contributed by atoms with Crippen molar-refractivity contribution in [2.45, 2.75) is 24.7 Å². The molecule has 0 saturated heterocycles. The SMILES string of the molecule is CCc1oc(C(=O)OC)cc1S(=O)(=O)NCCC(=O)O. The largest absolute Gasteiger partial charge is 0.481 e. The van der Waals surface area contributed by atoms with Crippen LogP contribution in [0.25, 0.3) is 0 Å². The number of rotatable bonds is 7. The van der Waals surface area contributed by atoms with Crippen LogP contribution in [0.3, 0.4) is 0 Å². The summed E-state index contributed by atoms with van der Waals surface area (Å²) in [5.74, 6) is -2.02. The van der Waals surface area contributed by atoms with Crippen molar-refractivity contribution in [3.8, 4) is 0 Å². The summed E-state index contributed by atoms with van der Waals surface area (Å²) < 4.78 is 35.7. The fourth-order valence-corrected chi connectivity index (χ4v) is 2.73. The topological polar surface area (TPSA) is 123 Å². The molecule has 0 atom stereocenters. The molecule has 2 N–H and O–H groups in total. The molecule has 0 aliphatic carbocycles. The number of hydrogen-bond acceptors (Lipinski definition) is 6. The van der Waals surface area contributed by atoms with Crippen molar-refractivity contribution >= 4 is 22.0 Å². The number of ether oxygens (including phenoxy) is 1. The van der Waals surface area contributed by atoms with Gasteiger partial charge in [-0.3, -0.25) is 4.79 Å². The summed E-state index contributed by atoms with van der Waals surface area (Å²) in [6.07, 6.45) is -0.0887. The predicted molar refractivity (Wildman–Crippen MR) is 66.9 cm³/mol. The lowest BCUT2D eigenvalue weighted by atomic mass is 10.3. The Morgan fingerprint density at radius 2 is 2.10 bits per heavy atom. The van der Waals surface area contributed by atoms with Crippen molar-refractivity contribution in [2.24, 2.45) is 0 Å². The maximum Gasteiger partial charge on any atom is 0.373 e. The summed E-state index contributed by atoms with van der Waals surface area (Å²) in [5.41, 5.74) is 0. The minimum atomic E-state index is -3.93. The number of nitrogens with one attached hydrogen (secondary N) is 1. The van der Waals surface area contributed by atoms with Crippen molar-refractivity contribution in [3.63, 3.8) is 0 Å². The maximum atomic E-state index is 12.0. The highest BCUT2D eigenvalue weighted by Gasteiger charge is 2.25. The number of aliphatic carboxylic acids is 1. The van der Waals surface area contributed by atoms with E-state index in [1.165, 1.54) is 0 Å². The first-order valence-electron chi connectivity index (χ1n) is 5.74. The summed E-state index contributed by atoms with van der Waals surface area (Å²) in [6.45, 7) is 1.41. The zero-order chi connectivity index (χ0) is 15.3. The summed E-state index contributed by atoms with van der Waals surface area (Å²) in [5, 5.41) is 8.48. The normalized spacial score (nSPS) is 11.3. The zero-order valence-corrected chi connectivity index (χ0v) is 11.8. The van der Waals surface area contributed by atoms with Gasteiger partial charge < -0.3 is 14.3 Å². The molecule has 1 aromatic heterocycles. The summed E-state index contributed by atoms with van der Waals surface area (Å²) in [6, 6.07) is 1.06. The second-order valence-corrected chi connectivity index (χ2v) is 5.52. The molecule has 1 heterocycles. The van der Waals surface area contributed by atoms with Gasteiger partial charge in [0.2, 0.25) is 15.8 Å². The van der Waals surface area contributed by atoms with Crippen LogP contribution in [0.2, 0.25) is 0 Å². The molecule has 0 fully saturated rings. The first kappa shape index (κ1) is 16.2. The molecule has 0 unspecified atom stereocenters. The Hall–Kier alpha value is -1.87. The van der Waals surface area contributed by atoms with Crippen LogP contribution >= 0.6 is 0 Å². The number of methoxy groups -OCH3 is 1. The van der Waals surface area contributed by atoms with Gasteiger partial charge in [-0.25, -0.2) is 17.9 Å². The minimum Gasteiger partial charge on any atom is -0.481 e. The molecular formula is C11H15NO7S. The molecule has 1 aromatic rings. The monoisotopic (exact) mass is 305 g/mol. The second-order valence-electron chi connectivity index (χ2n) is 3.78. The summed E-state index contributed by atoms with van der Waals surface area (Å²) in [4.78, 5) is 21.5. The molecule has 0 spiro atoms. The van der Waals surface area contributed by atoms with Gasteiger partial charge in [-0.2, -0.15) is 0 Å². The molecule has 9 heteroatoms. The lowest BCUT2D eigenvalue weighted by Gasteiger charge is -2.04. The molecule has 0 aromatic carbocycles. The zero-order valence-electron chi connectivity index (χ0n) is 11.0. The molecule has 0 saturated carbocycles. The molecule has 0 bridgehead atoms. The van der Waals surface area contributed by atoms with Gasteiger partial charge in [0.1, 0.15) is 10.7 Å². The van der Waals surface area contributed by atoms with Crippen molar-refractivity contribution in [1.29, 1.82) is 0 Å². The Labute approximate surface area is 115 Å². The fraction of sp³-hybridized carbons (Fsp3) is 0.455. The molecule has 112 valence electrons. The van der Waals surface area contributed by atoms with Gasteiger partial charge in [0.05, 0.1) is 13.5 Å². The van der Waals surface area contributed by atoms with E-state index in [4.69, 9.17) is 9.52 Å². The van der Waals surface area contributed by atoms with Crippen LogP contribution in [-0.4, -0.2) is 39.1 Å². The number of aryl methyl sites for hydroxylation is 1. The molecule has 8 nitrogen and oxygen atoms in total. The van der Waals surface area contributed by atoms with E-state index in [9.17, 15) is 18.0 Å². The predicted octanol–water partition coefficient (Wildman–Crippen LogP) is 0.382. The number of carboxylic acid groups (broad SMARTS) is 1. The van der Waals surface area contributed by atoms with Crippen LogP contribution in [0, 0.1) is 0 Å². The number of carboxylic acids is 1. The molecule has 0 amide bonds. The molecular weight excluding hydrogens is 290 g/mol. The average Bonchev–Trinajstić information content (AvgIpc) is 2.82. The van der Waals surface area contributed by atoms with Crippen molar-refractivity contribution in [3.05, 3.63) is 17.6 Å². The van der Waals surface area contributed by atoms with E-state index >= 15 is 0 Å². The third kappa shape index (κ3) is 3.81. The number of hydrogen-bond donors (Lipinski definition) is 2. The van der Waals surface area contributed by atoms with Gasteiger partial charge >= 0.3 is 11.9 Å². The van der Waals surface area contributed by atoms with E-state index in [1.54, 1.807) is 6.92 Å². The van der Waals surface area contributed by atoms with Crippen LogP contribution < -0.4 is 4.72 Å². The highest BCUT2D eigenvalue weighted by Crippen LogP contribution is 2.21. The van der Waals surface area contributed by atoms with Crippen molar-refractivity contribution in [1.82, 2.24) is 4.72 Å². The number of esters is 1. The van der Waals surface area contributed by atoms with Crippen LogP contribution in [0.4, 0.5) is 0 Å². The smallest absolute Gasteiger partial charge is 0.373 e. The van der Waals surface area contributed by atoms with Gasteiger partial charge in [-0.1, -0.05) is 6.92 Å². The van der Waals surface area contributed by atoms with E-state index in [2.05, 4.69) is 9.46 Å². The fourth-order valence-electron chi connectivity index (χ4n) is 1.46. The van der Waals surface area contributed by atoms with Gasteiger partial charge in [0, 0.05) is 19.0 Å². The highest BCUT2D eigenvalue weighted by atomic mass is 32.2. The van der Waals surface area contributed by atoms with Gasteiger partial charge in [0.15, 0.2) is 0 Å². The lowest BCUT2D eigenvalue weighted by molar-refractivity contribution is -0.136. The number of carbonyl (C=O) groups is 2. The second kappa shape index (κ2) is 6.53. The Morgan fingerprint density at radius 1 is 1.45 bits per heavy atom. The number of carbonyl (C=O) groups excluding carboxylic acids is 1. The summed E-state index contributed by atoms with van der Waals surface area (Å²) in [7, 11) is -2.79. The summed E-state index contributed by atoms with van der Waals surface area (Å²) >= 11 is 0. The Bertz CT molecular complexity index is 602. The van der Waals surface area contributed by atoms with E-state index in [0.29, 0.717) is 0 Å². The molecule has 0 aliphatic heterocycles. The third-order valence-corrected chi connectivity index (χ3v) is 3.91. The standard InChI is InChI=1S/C11H15NO7S/c1-3-7-9(6-8(19-7)11(15)18-2)20(16,17)12-5-4-10(13)14/h6,12H,3-5H2,1-2H3,(H,13,14).